The second-order valence-corrected chi connectivity index (χ2v) is 4.47. The van der Waals surface area contributed by atoms with E-state index in [4.69, 9.17) is 4.74 Å². The van der Waals surface area contributed by atoms with Crippen LogP contribution in [0.1, 0.15) is 18.9 Å². The molecule has 0 saturated heterocycles. The molecule has 0 fully saturated rings. The summed E-state index contributed by atoms with van der Waals surface area (Å²) in [6.45, 7) is 4.88. The zero-order valence-electron chi connectivity index (χ0n) is 10.7. The Hall–Kier alpha value is -0.930. The van der Waals surface area contributed by atoms with E-state index in [1.165, 1.54) is 17.7 Å². The van der Waals surface area contributed by atoms with E-state index < -0.39 is 0 Å². The molecule has 0 aromatic heterocycles. The van der Waals surface area contributed by atoms with Gasteiger partial charge in [0.05, 0.1) is 6.61 Å². The first-order chi connectivity index (χ1) is 8.22. The Morgan fingerprint density at radius 2 is 2.00 bits per heavy atom. The molecule has 0 aliphatic carbocycles. The lowest BCUT2D eigenvalue weighted by Crippen LogP contribution is -2.25. The van der Waals surface area contributed by atoms with Gasteiger partial charge in [0.2, 0.25) is 0 Å². The molecule has 0 spiro atoms. The van der Waals surface area contributed by atoms with Crippen molar-refractivity contribution in [2.75, 3.05) is 26.8 Å². The third-order valence-corrected chi connectivity index (χ3v) is 2.81. The molecule has 0 bridgehead atoms. The minimum absolute atomic E-state index is 0.164. The van der Waals surface area contributed by atoms with Crippen LogP contribution in [-0.4, -0.2) is 26.8 Å². The summed E-state index contributed by atoms with van der Waals surface area (Å²) in [6, 6.07) is 6.77. The summed E-state index contributed by atoms with van der Waals surface area (Å²) in [5, 5.41) is 3.35. The van der Waals surface area contributed by atoms with E-state index in [9.17, 15) is 4.39 Å². The SMILES string of the molecule is COCCNCC(C)CCc1ccc(F)cc1. The molecule has 3 heteroatoms. The maximum atomic E-state index is 12.7. The minimum Gasteiger partial charge on any atom is -0.383 e. The summed E-state index contributed by atoms with van der Waals surface area (Å²) >= 11 is 0. The lowest BCUT2D eigenvalue weighted by Gasteiger charge is -2.12. The Balaban J connectivity index is 2.14. The fraction of sp³-hybridized carbons (Fsp3) is 0.571. The number of hydrogen-bond donors (Lipinski definition) is 1. The monoisotopic (exact) mass is 239 g/mol. The first-order valence-corrected chi connectivity index (χ1v) is 6.16. The number of halogens is 1. The molecule has 0 aliphatic heterocycles. The summed E-state index contributed by atoms with van der Waals surface area (Å²) in [7, 11) is 1.71. The summed E-state index contributed by atoms with van der Waals surface area (Å²) in [5.74, 6) is 0.458. The number of rotatable bonds is 8. The van der Waals surface area contributed by atoms with Crippen LogP contribution in [0.25, 0.3) is 0 Å². The van der Waals surface area contributed by atoms with Gasteiger partial charge in [-0.05, 0) is 43.0 Å². The van der Waals surface area contributed by atoms with Crippen molar-refractivity contribution >= 4 is 0 Å². The molecule has 0 radical (unpaired) electrons. The molecule has 1 unspecified atom stereocenters. The van der Waals surface area contributed by atoms with Gasteiger partial charge in [0.25, 0.3) is 0 Å². The van der Waals surface area contributed by atoms with Crippen LogP contribution < -0.4 is 5.32 Å². The van der Waals surface area contributed by atoms with Crippen LogP contribution in [0.5, 0.6) is 0 Å². The Kier molecular flexibility index (Phi) is 6.82. The Labute approximate surface area is 103 Å². The molecule has 96 valence electrons. The van der Waals surface area contributed by atoms with Gasteiger partial charge in [-0.3, -0.25) is 0 Å². The van der Waals surface area contributed by atoms with Gasteiger partial charge in [-0.15, -0.1) is 0 Å². The zero-order chi connectivity index (χ0) is 12.5. The molecular formula is C14H22FNO. The molecule has 1 rings (SSSR count). The highest BCUT2D eigenvalue weighted by Gasteiger charge is 2.02. The first kappa shape index (κ1) is 14.1. The largest absolute Gasteiger partial charge is 0.383 e. The van der Waals surface area contributed by atoms with Crippen molar-refractivity contribution in [3.8, 4) is 0 Å². The molecule has 0 aliphatic rings. The van der Waals surface area contributed by atoms with Crippen molar-refractivity contribution in [2.45, 2.75) is 19.8 Å². The van der Waals surface area contributed by atoms with Crippen LogP contribution in [-0.2, 0) is 11.2 Å². The lowest BCUT2D eigenvalue weighted by atomic mass is 10.0. The predicted molar refractivity (Wildman–Crippen MR) is 68.6 cm³/mol. The average molecular weight is 239 g/mol. The van der Waals surface area contributed by atoms with Gasteiger partial charge in [-0.25, -0.2) is 4.39 Å². The zero-order valence-corrected chi connectivity index (χ0v) is 10.7. The minimum atomic E-state index is -0.164. The fourth-order valence-electron chi connectivity index (χ4n) is 1.69. The Morgan fingerprint density at radius 3 is 2.65 bits per heavy atom. The van der Waals surface area contributed by atoms with Crippen molar-refractivity contribution in [3.05, 3.63) is 35.6 Å². The van der Waals surface area contributed by atoms with Crippen LogP contribution in [0.4, 0.5) is 4.39 Å². The van der Waals surface area contributed by atoms with Crippen LogP contribution in [0, 0.1) is 11.7 Å². The van der Waals surface area contributed by atoms with E-state index in [2.05, 4.69) is 12.2 Å². The van der Waals surface area contributed by atoms with Crippen molar-refractivity contribution < 1.29 is 9.13 Å². The summed E-state index contributed by atoms with van der Waals surface area (Å²) in [5.41, 5.74) is 1.20. The molecule has 0 heterocycles. The van der Waals surface area contributed by atoms with Crippen molar-refractivity contribution in [3.63, 3.8) is 0 Å². The number of nitrogens with one attached hydrogen (secondary N) is 1. The predicted octanol–water partition coefficient (Wildman–Crippen LogP) is 2.63. The normalized spacial score (nSPS) is 12.6. The van der Waals surface area contributed by atoms with E-state index in [0.29, 0.717) is 5.92 Å². The second-order valence-electron chi connectivity index (χ2n) is 4.47. The van der Waals surface area contributed by atoms with Crippen molar-refractivity contribution in [2.24, 2.45) is 5.92 Å². The van der Waals surface area contributed by atoms with Crippen molar-refractivity contribution in [1.82, 2.24) is 5.32 Å². The number of aryl methyl sites for hydroxylation is 1. The summed E-state index contributed by atoms with van der Waals surface area (Å²) in [6.07, 6.45) is 2.12. The van der Waals surface area contributed by atoms with Gasteiger partial charge in [0.15, 0.2) is 0 Å². The van der Waals surface area contributed by atoms with Gasteiger partial charge in [-0.1, -0.05) is 19.1 Å². The van der Waals surface area contributed by atoms with Gasteiger partial charge in [-0.2, -0.15) is 0 Å². The average Bonchev–Trinajstić information content (AvgIpc) is 2.34. The first-order valence-electron chi connectivity index (χ1n) is 6.16. The number of methoxy groups -OCH3 is 1. The second kappa shape index (κ2) is 8.20. The molecule has 1 N–H and O–H groups in total. The molecule has 0 amide bonds. The molecule has 1 aromatic rings. The molecule has 17 heavy (non-hydrogen) atoms. The highest BCUT2D eigenvalue weighted by Crippen LogP contribution is 2.09. The van der Waals surface area contributed by atoms with Gasteiger partial charge in [0.1, 0.15) is 5.82 Å². The number of benzene rings is 1. The number of hydrogen-bond acceptors (Lipinski definition) is 2. The lowest BCUT2D eigenvalue weighted by molar-refractivity contribution is 0.198. The summed E-state index contributed by atoms with van der Waals surface area (Å²) in [4.78, 5) is 0. The number of ether oxygens (including phenoxy) is 1. The van der Waals surface area contributed by atoms with E-state index in [-0.39, 0.29) is 5.82 Å². The Bertz CT molecular complexity index is 300. The fourth-order valence-corrected chi connectivity index (χ4v) is 1.69. The van der Waals surface area contributed by atoms with Crippen LogP contribution in [0.2, 0.25) is 0 Å². The van der Waals surface area contributed by atoms with E-state index in [0.717, 1.165) is 32.5 Å². The maximum absolute atomic E-state index is 12.7. The van der Waals surface area contributed by atoms with Crippen LogP contribution in [0.15, 0.2) is 24.3 Å². The smallest absolute Gasteiger partial charge is 0.123 e. The highest BCUT2D eigenvalue weighted by molar-refractivity contribution is 5.16. The van der Waals surface area contributed by atoms with E-state index >= 15 is 0 Å². The standard InChI is InChI=1S/C14H22FNO/c1-12(11-16-9-10-17-2)3-4-13-5-7-14(15)8-6-13/h5-8,12,16H,3-4,9-11H2,1-2H3. The molecule has 0 saturated carbocycles. The van der Waals surface area contributed by atoms with Crippen LogP contribution >= 0.6 is 0 Å². The van der Waals surface area contributed by atoms with Gasteiger partial charge < -0.3 is 10.1 Å². The topological polar surface area (TPSA) is 21.3 Å². The van der Waals surface area contributed by atoms with E-state index in [1.54, 1.807) is 7.11 Å². The Morgan fingerprint density at radius 1 is 1.29 bits per heavy atom. The highest BCUT2D eigenvalue weighted by atomic mass is 19.1. The molecule has 2 nitrogen and oxygen atoms in total. The third kappa shape index (κ3) is 6.39. The molecule has 1 atom stereocenters. The van der Waals surface area contributed by atoms with Crippen molar-refractivity contribution in [1.29, 1.82) is 0 Å². The van der Waals surface area contributed by atoms with E-state index in [1.807, 2.05) is 12.1 Å². The van der Waals surface area contributed by atoms with Gasteiger partial charge >= 0.3 is 0 Å². The molecular weight excluding hydrogens is 217 g/mol. The third-order valence-electron chi connectivity index (χ3n) is 2.81. The van der Waals surface area contributed by atoms with Crippen LogP contribution in [0.3, 0.4) is 0 Å². The maximum Gasteiger partial charge on any atom is 0.123 e. The molecule has 1 aromatic carbocycles. The summed E-state index contributed by atoms with van der Waals surface area (Å²) < 4.78 is 17.7. The van der Waals surface area contributed by atoms with Gasteiger partial charge in [0, 0.05) is 13.7 Å². The quantitative estimate of drug-likeness (QED) is 0.704.